The van der Waals surface area contributed by atoms with E-state index in [1.54, 1.807) is 18.2 Å². The van der Waals surface area contributed by atoms with E-state index in [4.69, 9.17) is 4.74 Å². The second kappa shape index (κ2) is 11.1. The van der Waals surface area contributed by atoms with E-state index < -0.39 is 11.6 Å². The molecule has 32 heavy (non-hydrogen) atoms. The molecule has 0 radical (unpaired) electrons. The highest BCUT2D eigenvalue weighted by Crippen LogP contribution is 2.28. The number of fused-ring (bicyclic) bond motifs is 1. The van der Waals surface area contributed by atoms with Gasteiger partial charge >= 0.3 is 6.09 Å². The molecule has 1 heterocycles. The Balaban J connectivity index is 0.000000180. The zero-order valence-corrected chi connectivity index (χ0v) is 18.4. The summed E-state index contributed by atoms with van der Waals surface area (Å²) in [6.45, 7) is 4.81. The summed E-state index contributed by atoms with van der Waals surface area (Å²) in [5.41, 5.74) is 1.58. The van der Waals surface area contributed by atoms with Gasteiger partial charge in [-0.25, -0.2) is 18.0 Å². The maximum absolute atomic E-state index is 13.5. The Kier molecular flexibility index (Phi) is 8.20. The Morgan fingerprint density at radius 2 is 1.69 bits per heavy atom. The first-order valence-corrected chi connectivity index (χ1v) is 11.2. The third-order valence-electron chi connectivity index (χ3n) is 5.36. The van der Waals surface area contributed by atoms with Crippen molar-refractivity contribution in [3.05, 3.63) is 59.9 Å². The number of hydrogen-bond donors (Lipinski definition) is 2. The SMILES string of the molecule is CC.Fc1ccc(-c2cc3cc(F)cc(F)c3[nH]2)cc1.O=C(NCC1CC1)OC1CCC1. The highest BCUT2D eigenvalue weighted by Gasteiger charge is 2.24. The fourth-order valence-corrected chi connectivity index (χ4v) is 3.18. The number of H-pyrrole nitrogens is 1. The first-order valence-electron chi connectivity index (χ1n) is 11.2. The highest BCUT2D eigenvalue weighted by molar-refractivity contribution is 5.86. The van der Waals surface area contributed by atoms with Gasteiger partial charge in [0.25, 0.3) is 0 Å². The summed E-state index contributed by atoms with van der Waals surface area (Å²) in [5.74, 6) is -0.867. The van der Waals surface area contributed by atoms with Crippen LogP contribution in [0.1, 0.15) is 46.0 Å². The first-order chi connectivity index (χ1) is 15.5. The highest BCUT2D eigenvalue weighted by atomic mass is 19.1. The van der Waals surface area contributed by atoms with Crippen LogP contribution in [0.15, 0.2) is 42.5 Å². The standard InChI is InChI=1S/C14H8F3N.C9H15NO2.C2H6/c15-10-3-1-8(2-4-10)13-6-9-5-11(16)7-12(17)14(9)18-13;11-9(10-6-7-4-5-7)12-8-2-1-3-8;1-2/h1-7,18H;7-8H,1-6H2,(H,10,11);1-2H3. The van der Waals surface area contributed by atoms with E-state index >= 15 is 0 Å². The number of rotatable bonds is 4. The van der Waals surface area contributed by atoms with Gasteiger partial charge in [-0.2, -0.15) is 0 Å². The quantitative estimate of drug-likeness (QED) is 0.455. The Morgan fingerprint density at radius 1 is 1.00 bits per heavy atom. The van der Waals surface area contributed by atoms with Gasteiger partial charge in [-0.05, 0) is 80.0 Å². The molecule has 2 aliphatic rings. The molecule has 0 unspecified atom stereocenters. The van der Waals surface area contributed by atoms with Crippen LogP contribution in [0.2, 0.25) is 0 Å². The molecule has 2 saturated carbocycles. The number of benzene rings is 2. The van der Waals surface area contributed by atoms with Crippen LogP contribution in [0.25, 0.3) is 22.2 Å². The van der Waals surface area contributed by atoms with Gasteiger partial charge in [-0.1, -0.05) is 13.8 Å². The number of carbonyl (C=O) groups excluding carboxylic acids is 1. The van der Waals surface area contributed by atoms with Gasteiger partial charge in [0, 0.05) is 23.7 Å². The lowest BCUT2D eigenvalue weighted by Crippen LogP contribution is -2.33. The van der Waals surface area contributed by atoms with Crippen molar-refractivity contribution in [1.82, 2.24) is 10.3 Å². The maximum Gasteiger partial charge on any atom is 0.407 e. The van der Waals surface area contributed by atoms with E-state index in [1.165, 1.54) is 37.5 Å². The Hall–Kier alpha value is -2.96. The zero-order valence-electron chi connectivity index (χ0n) is 18.4. The lowest BCUT2D eigenvalue weighted by atomic mass is 9.96. The molecule has 3 aromatic rings. The molecule has 0 atom stereocenters. The molecule has 7 heteroatoms. The van der Waals surface area contributed by atoms with Gasteiger partial charge in [0.05, 0.1) is 5.52 Å². The number of hydrogen-bond acceptors (Lipinski definition) is 2. The number of halogens is 3. The van der Waals surface area contributed by atoms with Crippen molar-refractivity contribution in [2.75, 3.05) is 6.54 Å². The van der Waals surface area contributed by atoms with E-state index in [2.05, 4.69) is 10.3 Å². The molecule has 2 aromatic carbocycles. The zero-order chi connectivity index (χ0) is 23.1. The molecule has 2 N–H and O–H groups in total. The molecule has 0 aliphatic heterocycles. The van der Waals surface area contributed by atoms with Gasteiger partial charge in [0.1, 0.15) is 23.6 Å². The molecule has 1 aromatic heterocycles. The Morgan fingerprint density at radius 3 is 2.28 bits per heavy atom. The summed E-state index contributed by atoms with van der Waals surface area (Å²) >= 11 is 0. The third-order valence-corrected chi connectivity index (χ3v) is 5.36. The van der Waals surface area contributed by atoms with Crippen molar-refractivity contribution in [2.24, 2.45) is 5.92 Å². The van der Waals surface area contributed by atoms with Gasteiger partial charge in [0.15, 0.2) is 0 Å². The summed E-state index contributed by atoms with van der Waals surface area (Å²) < 4.78 is 44.5. The number of aromatic amines is 1. The Bertz CT molecular complexity index is 1030. The average Bonchev–Trinajstić information content (AvgIpc) is 3.49. The molecular formula is C25H29F3N2O2. The predicted octanol–water partition coefficient (Wildman–Crippen LogP) is 6.95. The van der Waals surface area contributed by atoms with Gasteiger partial charge in [-0.3, -0.25) is 0 Å². The monoisotopic (exact) mass is 446 g/mol. The van der Waals surface area contributed by atoms with Crippen LogP contribution in [0.3, 0.4) is 0 Å². The summed E-state index contributed by atoms with van der Waals surface area (Å²) in [6, 6.07) is 9.50. The molecule has 0 spiro atoms. The summed E-state index contributed by atoms with van der Waals surface area (Å²) in [6.07, 6.45) is 5.85. The fraction of sp³-hybridized carbons (Fsp3) is 0.400. The van der Waals surface area contributed by atoms with Crippen molar-refractivity contribution in [2.45, 2.75) is 52.1 Å². The summed E-state index contributed by atoms with van der Waals surface area (Å²) in [5, 5.41) is 3.23. The van der Waals surface area contributed by atoms with E-state index in [0.717, 1.165) is 31.4 Å². The molecule has 4 nitrogen and oxygen atoms in total. The van der Waals surface area contributed by atoms with Crippen LogP contribution in [0.4, 0.5) is 18.0 Å². The van der Waals surface area contributed by atoms with E-state index in [0.29, 0.717) is 16.6 Å². The van der Waals surface area contributed by atoms with Crippen LogP contribution in [0, 0.1) is 23.4 Å². The number of nitrogens with one attached hydrogen (secondary N) is 2. The molecular weight excluding hydrogens is 417 g/mol. The van der Waals surface area contributed by atoms with Gasteiger partial charge in [0.2, 0.25) is 0 Å². The molecule has 0 saturated heterocycles. The summed E-state index contributed by atoms with van der Waals surface area (Å²) in [4.78, 5) is 13.9. The minimum Gasteiger partial charge on any atom is -0.446 e. The molecule has 172 valence electrons. The topological polar surface area (TPSA) is 54.1 Å². The lowest BCUT2D eigenvalue weighted by Gasteiger charge is -2.25. The van der Waals surface area contributed by atoms with Crippen molar-refractivity contribution < 1.29 is 22.7 Å². The molecule has 5 rings (SSSR count). The van der Waals surface area contributed by atoms with Gasteiger partial charge < -0.3 is 15.0 Å². The molecule has 2 aliphatic carbocycles. The molecule has 0 bridgehead atoms. The van der Waals surface area contributed by atoms with Crippen LogP contribution in [-0.4, -0.2) is 23.7 Å². The number of amides is 1. The van der Waals surface area contributed by atoms with E-state index in [-0.39, 0.29) is 23.5 Å². The largest absolute Gasteiger partial charge is 0.446 e. The number of carbonyl (C=O) groups is 1. The first kappa shape index (κ1) is 23.7. The van der Waals surface area contributed by atoms with Crippen LogP contribution in [-0.2, 0) is 4.74 Å². The number of aromatic nitrogens is 1. The second-order valence-corrected chi connectivity index (χ2v) is 7.82. The maximum atomic E-state index is 13.5. The van der Waals surface area contributed by atoms with Crippen molar-refractivity contribution in [3.63, 3.8) is 0 Å². The molecule has 1 amide bonds. The average molecular weight is 447 g/mol. The van der Waals surface area contributed by atoms with Crippen molar-refractivity contribution >= 4 is 17.0 Å². The van der Waals surface area contributed by atoms with Crippen LogP contribution < -0.4 is 5.32 Å². The second-order valence-electron chi connectivity index (χ2n) is 7.82. The van der Waals surface area contributed by atoms with Crippen LogP contribution in [0.5, 0.6) is 0 Å². The predicted molar refractivity (Wildman–Crippen MR) is 120 cm³/mol. The van der Waals surface area contributed by atoms with E-state index in [1.807, 2.05) is 13.8 Å². The van der Waals surface area contributed by atoms with Crippen molar-refractivity contribution in [3.8, 4) is 11.3 Å². The van der Waals surface area contributed by atoms with Gasteiger partial charge in [-0.15, -0.1) is 0 Å². The number of alkyl carbamates (subject to hydrolysis) is 1. The summed E-state index contributed by atoms with van der Waals surface area (Å²) in [7, 11) is 0. The van der Waals surface area contributed by atoms with Crippen LogP contribution >= 0.6 is 0 Å². The Labute approximate surface area is 186 Å². The fourth-order valence-electron chi connectivity index (χ4n) is 3.18. The lowest BCUT2D eigenvalue weighted by molar-refractivity contribution is 0.0523. The normalized spacial score (nSPS) is 15.0. The molecule has 2 fully saturated rings. The minimum absolute atomic E-state index is 0.212. The smallest absolute Gasteiger partial charge is 0.407 e. The number of ether oxygens (including phenoxy) is 1. The third kappa shape index (κ3) is 6.52. The minimum atomic E-state index is -0.640. The van der Waals surface area contributed by atoms with E-state index in [9.17, 15) is 18.0 Å². The van der Waals surface area contributed by atoms with Crippen molar-refractivity contribution in [1.29, 1.82) is 0 Å².